The summed E-state index contributed by atoms with van der Waals surface area (Å²) < 4.78 is 2.25. The van der Waals surface area contributed by atoms with Crippen molar-refractivity contribution in [3.63, 3.8) is 0 Å². The molecule has 1 fully saturated rings. The number of aryl methyl sites for hydroxylation is 3. The van der Waals surface area contributed by atoms with E-state index in [9.17, 15) is 0 Å². The second-order valence-corrected chi connectivity index (χ2v) is 6.64. The van der Waals surface area contributed by atoms with Gasteiger partial charge in [0.1, 0.15) is 7.05 Å². The molecule has 110 valence electrons. The molecule has 0 amide bonds. The maximum atomic E-state index is 2.42. The predicted octanol–water partition coefficient (Wildman–Crippen LogP) is 4.76. The van der Waals surface area contributed by atoms with E-state index in [1.54, 1.807) is 5.56 Å². The highest BCUT2D eigenvalue weighted by Gasteiger charge is 2.20. The number of hydrogen-bond acceptors (Lipinski definition) is 0. The minimum atomic E-state index is 0.796. The number of rotatable bonds is 2. The van der Waals surface area contributed by atoms with Gasteiger partial charge in [0.2, 0.25) is 5.69 Å². The van der Waals surface area contributed by atoms with Crippen LogP contribution in [0.3, 0.4) is 0 Å². The molecule has 0 radical (unpaired) electrons. The van der Waals surface area contributed by atoms with Crippen LogP contribution in [0.4, 0.5) is 0 Å². The molecular formula is C20H26N+. The van der Waals surface area contributed by atoms with Crippen molar-refractivity contribution in [1.29, 1.82) is 0 Å². The largest absolute Gasteiger partial charge is 0.215 e. The third-order valence-electron chi connectivity index (χ3n) is 5.18. The Morgan fingerprint density at radius 2 is 1.67 bits per heavy atom. The molecule has 1 saturated carbocycles. The van der Waals surface area contributed by atoms with Gasteiger partial charge in [0.05, 0.1) is 0 Å². The van der Waals surface area contributed by atoms with Crippen molar-refractivity contribution < 1.29 is 4.57 Å². The van der Waals surface area contributed by atoms with Gasteiger partial charge < -0.3 is 0 Å². The third kappa shape index (κ3) is 2.62. The second kappa shape index (κ2) is 5.63. The summed E-state index contributed by atoms with van der Waals surface area (Å²) in [4.78, 5) is 0. The van der Waals surface area contributed by atoms with Crippen LogP contribution in [-0.2, 0) is 7.05 Å². The van der Waals surface area contributed by atoms with Gasteiger partial charge in [0.15, 0.2) is 6.20 Å². The molecule has 1 aliphatic rings. The molecule has 3 rings (SSSR count). The van der Waals surface area contributed by atoms with E-state index in [1.165, 1.54) is 53.6 Å². The van der Waals surface area contributed by atoms with Crippen molar-refractivity contribution in [2.24, 2.45) is 7.05 Å². The van der Waals surface area contributed by atoms with Crippen LogP contribution in [0.5, 0.6) is 0 Å². The predicted molar refractivity (Wildman–Crippen MR) is 88.5 cm³/mol. The van der Waals surface area contributed by atoms with E-state index < -0.39 is 0 Å². The maximum Gasteiger partial charge on any atom is 0.215 e. The lowest BCUT2D eigenvalue weighted by atomic mass is 9.92. The van der Waals surface area contributed by atoms with Crippen LogP contribution in [-0.4, -0.2) is 0 Å². The van der Waals surface area contributed by atoms with Gasteiger partial charge in [-0.2, -0.15) is 0 Å². The smallest absolute Gasteiger partial charge is 0.201 e. The van der Waals surface area contributed by atoms with Crippen LogP contribution in [0.1, 0.15) is 53.9 Å². The molecule has 0 aliphatic heterocycles. The summed E-state index contributed by atoms with van der Waals surface area (Å²) in [5, 5.41) is 0. The standard InChI is InChI=1S/C20H26N/c1-14-11-12-21(4)20(16(14)3)19-10-9-18(13-15(19)2)17-7-5-6-8-17/h9-13,17H,5-8H2,1-4H3/q+1. The van der Waals surface area contributed by atoms with Crippen LogP contribution < -0.4 is 4.57 Å². The zero-order chi connectivity index (χ0) is 15.0. The van der Waals surface area contributed by atoms with Crippen LogP contribution in [0.15, 0.2) is 30.5 Å². The van der Waals surface area contributed by atoms with Crippen molar-refractivity contribution in [2.75, 3.05) is 0 Å². The van der Waals surface area contributed by atoms with Gasteiger partial charge in [0, 0.05) is 17.2 Å². The lowest BCUT2D eigenvalue weighted by Crippen LogP contribution is -2.32. The topological polar surface area (TPSA) is 3.88 Å². The fraction of sp³-hybridized carbons (Fsp3) is 0.450. The second-order valence-electron chi connectivity index (χ2n) is 6.64. The van der Waals surface area contributed by atoms with Gasteiger partial charge >= 0.3 is 0 Å². The first-order valence-electron chi connectivity index (χ1n) is 8.14. The van der Waals surface area contributed by atoms with Crippen molar-refractivity contribution in [3.8, 4) is 11.3 Å². The zero-order valence-corrected chi connectivity index (χ0v) is 13.7. The number of benzene rings is 1. The van der Waals surface area contributed by atoms with Crippen molar-refractivity contribution in [1.82, 2.24) is 0 Å². The highest BCUT2D eigenvalue weighted by atomic mass is 14.9. The first-order valence-corrected chi connectivity index (χ1v) is 8.14. The first-order chi connectivity index (χ1) is 10.1. The molecule has 0 saturated heterocycles. The lowest BCUT2D eigenvalue weighted by Gasteiger charge is -2.14. The van der Waals surface area contributed by atoms with Gasteiger partial charge in [0.25, 0.3) is 0 Å². The summed E-state index contributed by atoms with van der Waals surface area (Å²) in [6, 6.07) is 9.32. The Hall–Kier alpha value is -1.63. The van der Waals surface area contributed by atoms with Gasteiger partial charge in [-0.05, 0) is 62.3 Å². The summed E-state index contributed by atoms with van der Waals surface area (Å²) >= 11 is 0. The molecule has 1 nitrogen and oxygen atoms in total. The number of nitrogens with zero attached hydrogens (tertiary/aromatic N) is 1. The molecular weight excluding hydrogens is 254 g/mol. The summed E-state index contributed by atoms with van der Waals surface area (Å²) in [6.07, 6.45) is 7.71. The maximum absolute atomic E-state index is 2.42. The van der Waals surface area contributed by atoms with E-state index in [0.29, 0.717) is 0 Å². The van der Waals surface area contributed by atoms with Crippen LogP contribution in [0, 0.1) is 20.8 Å². The van der Waals surface area contributed by atoms with Crippen LogP contribution in [0.25, 0.3) is 11.3 Å². The summed E-state index contributed by atoms with van der Waals surface area (Å²) in [5.41, 5.74) is 8.43. The first kappa shape index (κ1) is 14.3. The molecule has 1 aromatic carbocycles. The van der Waals surface area contributed by atoms with E-state index in [2.05, 4.69) is 62.8 Å². The SMILES string of the molecule is Cc1cc(C2CCCC2)ccc1-c1c(C)c(C)cc[n+]1C. The van der Waals surface area contributed by atoms with Gasteiger partial charge in [-0.15, -0.1) is 0 Å². The lowest BCUT2D eigenvalue weighted by molar-refractivity contribution is -0.660. The molecule has 2 aromatic rings. The van der Waals surface area contributed by atoms with E-state index in [-0.39, 0.29) is 0 Å². The molecule has 0 unspecified atom stereocenters. The van der Waals surface area contributed by atoms with E-state index in [1.807, 2.05) is 0 Å². The van der Waals surface area contributed by atoms with Crippen LogP contribution >= 0.6 is 0 Å². The highest BCUT2D eigenvalue weighted by Crippen LogP contribution is 2.36. The average Bonchev–Trinajstić information content (AvgIpc) is 2.99. The minimum Gasteiger partial charge on any atom is -0.201 e. The van der Waals surface area contributed by atoms with Crippen molar-refractivity contribution in [2.45, 2.75) is 52.4 Å². The van der Waals surface area contributed by atoms with Gasteiger partial charge in [-0.1, -0.05) is 25.0 Å². The minimum absolute atomic E-state index is 0.796. The summed E-state index contributed by atoms with van der Waals surface area (Å²) in [5.74, 6) is 0.796. The highest BCUT2D eigenvalue weighted by molar-refractivity contribution is 5.65. The molecule has 1 heteroatoms. The number of hydrogen-bond donors (Lipinski definition) is 0. The Kier molecular flexibility index (Phi) is 3.84. The molecule has 0 spiro atoms. The molecule has 1 aliphatic carbocycles. The third-order valence-corrected chi connectivity index (χ3v) is 5.18. The van der Waals surface area contributed by atoms with E-state index >= 15 is 0 Å². The molecule has 0 bridgehead atoms. The normalized spacial score (nSPS) is 15.6. The average molecular weight is 280 g/mol. The molecule has 0 N–H and O–H groups in total. The monoisotopic (exact) mass is 280 g/mol. The summed E-state index contributed by atoms with van der Waals surface area (Å²) in [6.45, 7) is 6.69. The fourth-order valence-corrected chi connectivity index (χ4v) is 3.73. The van der Waals surface area contributed by atoms with Crippen molar-refractivity contribution in [3.05, 3.63) is 52.7 Å². The van der Waals surface area contributed by atoms with Crippen molar-refractivity contribution >= 4 is 0 Å². The number of pyridine rings is 1. The Morgan fingerprint density at radius 3 is 2.33 bits per heavy atom. The van der Waals surface area contributed by atoms with Crippen LogP contribution in [0.2, 0.25) is 0 Å². The summed E-state index contributed by atoms with van der Waals surface area (Å²) in [7, 11) is 2.14. The Morgan fingerprint density at radius 1 is 0.952 bits per heavy atom. The molecule has 0 atom stereocenters. The van der Waals surface area contributed by atoms with E-state index in [4.69, 9.17) is 0 Å². The van der Waals surface area contributed by atoms with Gasteiger partial charge in [-0.3, -0.25) is 0 Å². The molecule has 1 heterocycles. The Bertz CT molecular complexity index is 664. The molecule has 1 aromatic heterocycles. The quantitative estimate of drug-likeness (QED) is 0.698. The zero-order valence-electron chi connectivity index (χ0n) is 13.7. The fourth-order valence-electron chi connectivity index (χ4n) is 3.73. The number of aromatic nitrogens is 1. The van der Waals surface area contributed by atoms with E-state index in [0.717, 1.165) is 5.92 Å². The Labute approximate surface area is 128 Å². The molecule has 21 heavy (non-hydrogen) atoms. The van der Waals surface area contributed by atoms with Gasteiger partial charge in [-0.25, -0.2) is 4.57 Å². The Balaban J connectivity index is 2.06.